The molecule has 0 fully saturated rings. The van der Waals surface area contributed by atoms with Crippen LogP contribution < -0.4 is 11.1 Å². The minimum Gasteiger partial charge on any atom is -0.365 e. The lowest BCUT2D eigenvalue weighted by molar-refractivity contribution is -0.112. The average Bonchev–Trinajstić information content (AvgIpc) is 2.98. The fourth-order valence-corrected chi connectivity index (χ4v) is 4.46. The Labute approximate surface area is 160 Å². The highest BCUT2D eigenvalue weighted by Gasteiger charge is 2.25. The lowest BCUT2D eigenvalue weighted by atomic mass is 9.95. The molecule has 0 aliphatic heterocycles. The summed E-state index contributed by atoms with van der Waals surface area (Å²) in [7, 11) is 0. The molecule has 7 heteroatoms. The zero-order valence-corrected chi connectivity index (χ0v) is 15.4. The Kier molecular flexibility index (Phi) is 5.40. The summed E-state index contributed by atoms with van der Waals surface area (Å²) in [5.41, 5.74) is 7.30. The Morgan fingerprint density at radius 2 is 2.00 bits per heavy atom. The second kappa shape index (κ2) is 7.73. The van der Waals surface area contributed by atoms with Crippen LogP contribution in [0.4, 0.5) is 5.00 Å². The number of nitrogens with one attached hydrogen (secondary N) is 1. The maximum Gasteiger partial charge on any atom is 0.266 e. The van der Waals surface area contributed by atoms with Gasteiger partial charge in [-0.3, -0.25) is 9.59 Å². The third-order valence-electron chi connectivity index (χ3n) is 4.21. The normalized spacial score (nSPS) is 13.6. The molecule has 5 nitrogen and oxygen atoms in total. The molecule has 1 heterocycles. The number of nitriles is 1. The first kappa shape index (κ1) is 18.2. The van der Waals surface area contributed by atoms with Crippen molar-refractivity contribution >= 4 is 45.8 Å². The highest BCUT2D eigenvalue weighted by atomic mass is 35.5. The summed E-state index contributed by atoms with van der Waals surface area (Å²) in [6.07, 6.45) is 5.12. The van der Waals surface area contributed by atoms with Crippen LogP contribution in [-0.2, 0) is 17.6 Å². The molecular weight excluding hydrogens is 370 g/mol. The lowest BCUT2D eigenvalue weighted by Crippen LogP contribution is -2.19. The van der Waals surface area contributed by atoms with Crippen LogP contribution in [0.15, 0.2) is 29.8 Å². The summed E-state index contributed by atoms with van der Waals surface area (Å²) >= 11 is 7.44. The van der Waals surface area contributed by atoms with Gasteiger partial charge in [0.1, 0.15) is 16.6 Å². The first-order chi connectivity index (χ1) is 12.5. The van der Waals surface area contributed by atoms with Crippen molar-refractivity contribution in [1.82, 2.24) is 0 Å². The number of halogens is 1. The zero-order chi connectivity index (χ0) is 18.7. The molecule has 1 aliphatic rings. The Balaban J connectivity index is 1.92. The monoisotopic (exact) mass is 385 g/mol. The Bertz CT molecular complexity index is 956. The number of nitrogens with zero attached hydrogens (tertiary/aromatic N) is 1. The summed E-state index contributed by atoms with van der Waals surface area (Å²) in [5, 5.41) is 12.9. The number of fused-ring (bicyclic) bond motifs is 1. The summed E-state index contributed by atoms with van der Waals surface area (Å²) in [6, 6.07) is 8.81. The molecule has 132 valence electrons. The van der Waals surface area contributed by atoms with Gasteiger partial charge in [0.2, 0.25) is 0 Å². The summed E-state index contributed by atoms with van der Waals surface area (Å²) in [5.74, 6) is -1.15. The Morgan fingerprint density at radius 1 is 1.27 bits per heavy atom. The number of primary amides is 1. The van der Waals surface area contributed by atoms with Gasteiger partial charge in [0.15, 0.2) is 0 Å². The number of carbonyl (C=O) groups is 2. The number of anilines is 1. The van der Waals surface area contributed by atoms with Crippen LogP contribution in [0.3, 0.4) is 0 Å². The van der Waals surface area contributed by atoms with E-state index in [0.29, 0.717) is 21.2 Å². The second-order valence-corrected chi connectivity index (χ2v) is 7.44. The molecule has 1 aromatic heterocycles. The molecule has 0 bridgehead atoms. The standard InChI is InChI=1S/C19H16ClN3O2S/c20-14-7-3-1-5-11(14)9-12(10-21)18(25)23-19-16(17(22)24)13-6-2-4-8-15(13)26-19/h1,3,5,7,9H,2,4,6,8H2,(H2,22,24)(H,23,25)/b12-9+. The molecule has 0 radical (unpaired) electrons. The summed E-state index contributed by atoms with van der Waals surface area (Å²) in [4.78, 5) is 25.5. The fraction of sp³-hybridized carbons (Fsp3) is 0.211. The number of aryl methyl sites for hydroxylation is 1. The van der Waals surface area contributed by atoms with E-state index in [9.17, 15) is 14.9 Å². The molecule has 0 spiro atoms. The van der Waals surface area contributed by atoms with Gasteiger partial charge in [0.25, 0.3) is 11.8 Å². The quantitative estimate of drug-likeness (QED) is 0.616. The molecule has 0 atom stereocenters. The molecule has 26 heavy (non-hydrogen) atoms. The number of benzene rings is 1. The molecule has 0 saturated carbocycles. The van der Waals surface area contributed by atoms with Gasteiger partial charge in [-0.15, -0.1) is 11.3 Å². The smallest absolute Gasteiger partial charge is 0.266 e. The fourth-order valence-electron chi connectivity index (χ4n) is 2.98. The maximum atomic E-state index is 12.6. The van der Waals surface area contributed by atoms with Crippen molar-refractivity contribution in [2.75, 3.05) is 5.32 Å². The average molecular weight is 386 g/mol. The van der Waals surface area contributed by atoms with E-state index in [-0.39, 0.29) is 5.57 Å². The van der Waals surface area contributed by atoms with E-state index in [4.69, 9.17) is 17.3 Å². The number of thiophene rings is 1. The number of hydrogen-bond donors (Lipinski definition) is 2. The van der Waals surface area contributed by atoms with E-state index in [1.165, 1.54) is 17.4 Å². The topological polar surface area (TPSA) is 96.0 Å². The van der Waals surface area contributed by atoms with Gasteiger partial charge >= 0.3 is 0 Å². The first-order valence-corrected chi connectivity index (χ1v) is 9.32. The Hall–Kier alpha value is -2.62. The molecule has 3 N–H and O–H groups in total. The van der Waals surface area contributed by atoms with Crippen molar-refractivity contribution in [1.29, 1.82) is 5.26 Å². The molecule has 1 aliphatic carbocycles. The van der Waals surface area contributed by atoms with Crippen LogP contribution in [-0.4, -0.2) is 11.8 Å². The van der Waals surface area contributed by atoms with Gasteiger partial charge in [0.05, 0.1) is 5.56 Å². The first-order valence-electron chi connectivity index (χ1n) is 8.13. The lowest BCUT2D eigenvalue weighted by Gasteiger charge is -2.11. The molecule has 2 aromatic rings. The van der Waals surface area contributed by atoms with Crippen LogP contribution in [0.2, 0.25) is 5.02 Å². The number of carbonyl (C=O) groups excluding carboxylic acids is 2. The van der Waals surface area contributed by atoms with Gasteiger partial charge in [-0.25, -0.2) is 0 Å². The number of amides is 2. The van der Waals surface area contributed by atoms with E-state index in [2.05, 4.69) is 5.32 Å². The van der Waals surface area contributed by atoms with Crippen LogP contribution in [0.25, 0.3) is 6.08 Å². The van der Waals surface area contributed by atoms with Gasteiger partial charge in [-0.2, -0.15) is 5.26 Å². The van der Waals surface area contributed by atoms with Crippen molar-refractivity contribution in [2.45, 2.75) is 25.7 Å². The molecule has 1 aromatic carbocycles. The van der Waals surface area contributed by atoms with Gasteiger partial charge in [-0.05, 0) is 49.0 Å². The van der Waals surface area contributed by atoms with E-state index in [0.717, 1.165) is 36.1 Å². The molecule has 3 rings (SSSR count). The second-order valence-electron chi connectivity index (χ2n) is 5.92. The van der Waals surface area contributed by atoms with E-state index in [1.807, 2.05) is 6.07 Å². The van der Waals surface area contributed by atoms with Crippen molar-refractivity contribution in [3.05, 3.63) is 56.4 Å². The van der Waals surface area contributed by atoms with Crippen LogP contribution in [0.1, 0.15) is 39.2 Å². The van der Waals surface area contributed by atoms with Gasteiger partial charge in [0, 0.05) is 9.90 Å². The highest BCUT2D eigenvalue weighted by Crippen LogP contribution is 2.38. The number of rotatable bonds is 4. The van der Waals surface area contributed by atoms with E-state index < -0.39 is 11.8 Å². The van der Waals surface area contributed by atoms with Gasteiger partial charge in [-0.1, -0.05) is 29.8 Å². The number of nitrogens with two attached hydrogens (primary N) is 1. The third kappa shape index (κ3) is 3.64. The molecule has 0 unspecified atom stereocenters. The van der Waals surface area contributed by atoms with Crippen LogP contribution >= 0.6 is 22.9 Å². The zero-order valence-electron chi connectivity index (χ0n) is 13.8. The molecule has 0 saturated heterocycles. The predicted molar refractivity (Wildman–Crippen MR) is 103 cm³/mol. The largest absolute Gasteiger partial charge is 0.365 e. The van der Waals surface area contributed by atoms with E-state index >= 15 is 0 Å². The van der Waals surface area contributed by atoms with Crippen molar-refractivity contribution < 1.29 is 9.59 Å². The van der Waals surface area contributed by atoms with Crippen LogP contribution in [0.5, 0.6) is 0 Å². The minimum atomic E-state index is -0.589. The number of hydrogen-bond acceptors (Lipinski definition) is 4. The maximum absolute atomic E-state index is 12.6. The summed E-state index contributed by atoms with van der Waals surface area (Å²) < 4.78 is 0. The SMILES string of the molecule is N#C/C(=C\c1ccccc1Cl)C(=O)Nc1sc2c(c1C(N)=O)CCCC2. The van der Waals surface area contributed by atoms with Crippen molar-refractivity contribution in [2.24, 2.45) is 5.73 Å². The molecular formula is C19H16ClN3O2S. The predicted octanol–water partition coefficient (Wildman–Crippen LogP) is 3.92. The Morgan fingerprint density at radius 3 is 2.69 bits per heavy atom. The van der Waals surface area contributed by atoms with Gasteiger partial charge < -0.3 is 11.1 Å². The third-order valence-corrected chi connectivity index (χ3v) is 5.77. The van der Waals surface area contributed by atoms with Crippen molar-refractivity contribution in [3.8, 4) is 6.07 Å². The highest BCUT2D eigenvalue weighted by molar-refractivity contribution is 7.17. The summed E-state index contributed by atoms with van der Waals surface area (Å²) in [6.45, 7) is 0. The minimum absolute atomic E-state index is 0.0973. The molecule has 2 amide bonds. The van der Waals surface area contributed by atoms with E-state index in [1.54, 1.807) is 24.3 Å². The van der Waals surface area contributed by atoms with Crippen molar-refractivity contribution in [3.63, 3.8) is 0 Å². The van der Waals surface area contributed by atoms with Crippen LogP contribution in [0, 0.1) is 11.3 Å².